The Morgan fingerprint density at radius 2 is 1.55 bits per heavy atom. The van der Waals surface area contributed by atoms with E-state index in [1.165, 1.54) is 5.56 Å². The molecule has 0 saturated carbocycles. The van der Waals surface area contributed by atoms with Gasteiger partial charge in [-0.15, -0.1) is 11.1 Å². The minimum atomic E-state index is -2.57. The van der Waals surface area contributed by atoms with Crippen molar-refractivity contribution in [1.29, 1.82) is 0 Å². The summed E-state index contributed by atoms with van der Waals surface area (Å²) in [5.41, 5.74) is 1.19. The summed E-state index contributed by atoms with van der Waals surface area (Å²) in [6.45, 7) is 2.18. The largest absolute Gasteiger partial charge is 0.408 e. The fourth-order valence-electron chi connectivity index (χ4n) is 2.72. The van der Waals surface area contributed by atoms with Crippen molar-refractivity contribution in [1.82, 2.24) is 4.57 Å². The van der Waals surface area contributed by atoms with E-state index < -0.39 is 7.79 Å². The van der Waals surface area contributed by atoms with Crippen LogP contribution in [0.5, 0.6) is 0 Å². The lowest BCUT2D eigenvalue weighted by atomic mass is 10.0. The lowest BCUT2D eigenvalue weighted by Crippen LogP contribution is -2.55. The predicted molar refractivity (Wildman–Crippen MR) is 85.2 cm³/mol. The number of hydrogen-bond donors (Lipinski definition) is 0. The van der Waals surface area contributed by atoms with Crippen LogP contribution >= 0.6 is 11.1 Å². The van der Waals surface area contributed by atoms with Crippen LogP contribution in [-0.2, 0) is 4.43 Å². The van der Waals surface area contributed by atoms with Gasteiger partial charge in [0.2, 0.25) is 0 Å². The second kappa shape index (κ2) is 5.33. The summed E-state index contributed by atoms with van der Waals surface area (Å²) < 4.78 is 8.60. The lowest BCUT2D eigenvalue weighted by molar-refractivity contribution is 0.209. The number of halogens is 1. The first-order valence-electron chi connectivity index (χ1n) is 6.83. The first kappa shape index (κ1) is 13.8. The Bertz CT molecular complexity index is 580. The summed E-state index contributed by atoms with van der Waals surface area (Å²) in [6, 6.07) is 20.8. The van der Waals surface area contributed by atoms with E-state index in [0.29, 0.717) is 0 Å². The maximum atomic E-state index is 6.93. The summed E-state index contributed by atoms with van der Waals surface area (Å²) in [7, 11) is -0.500. The van der Waals surface area contributed by atoms with Gasteiger partial charge in [-0.2, -0.15) is 0 Å². The molecule has 0 N–H and O–H groups in total. The molecule has 3 atom stereocenters. The molecule has 2 nitrogen and oxygen atoms in total. The van der Waals surface area contributed by atoms with Crippen molar-refractivity contribution in [3.63, 3.8) is 0 Å². The first-order chi connectivity index (χ1) is 9.63. The highest BCUT2D eigenvalue weighted by Crippen LogP contribution is 2.38. The molecule has 0 aliphatic carbocycles. The Balaban J connectivity index is 1.97. The van der Waals surface area contributed by atoms with E-state index in [9.17, 15) is 0 Å². The SMILES string of the molecule is C[C@H]1[C@H](c2ccccc2)O[Si@@](Cl)(c2ccccc2)N1C. The van der Waals surface area contributed by atoms with E-state index in [1.54, 1.807) is 0 Å². The third kappa shape index (κ3) is 2.21. The molecule has 1 aliphatic heterocycles. The van der Waals surface area contributed by atoms with Gasteiger partial charge >= 0.3 is 7.79 Å². The maximum Gasteiger partial charge on any atom is 0.408 e. The van der Waals surface area contributed by atoms with E-state index in [0.717, 1.165) is 5.19 Å². The van der Waals surface area contributed by atoms with Gasteiger partial charge in [0, 0.05) is 6.04 Å². The Labute approximate surface area is 125 Å². The van der Waals surface area contributed by atoms with E-state index in [1.807, 2.05) is 36.4 Å². The minimum absolute atomic E-state index is 0.0329. The number of likely N-dealkylation sites (N-methyl/N-ethyl adjacent to an activating group) is 1. The molecule has 0 bridgehead atoms. The topological polar surface area (TPSA) is 12.5 Å². The molecule has 2 aromatic carbocycles. The van der Waals surface area contributed by atoms with Crippen LogP contribution in [0.3, 0.4) is 0 Å². The quantitative estimate of drug-likeness (QED) is 0.624. The summed E-state index contributed by atoms with van der Waals surface area (Å²) in [4.78, 5) is 0. The van der Waals surface area contributed by atoms with Crippen molar-refractivity contribution in [2.75, 3.05) is 7.05 Å². The molecule has 104 valence electrons. The highest BCUT2D eigenvalue weighted by molar-refractivity contribution is 7.22. The molecule has 0 unspecified atom stereocenters. The summed E-state index contributed by atoms with van der Waals surface area (Å²) in [6.07, 6.45) is 0.0329. The number of hydrogen-bond acceptors (Lipinski definition) is 2. The van der Waals surface area contributed by atoms with Gasteiger partial charge in [-0.25, -0.2) is 0 Å². The maximum absolute atomic E-state index is 6.93. The van der Waals surface area contributed by atoms with Gasteiger partial charge < -0.3 is 4.43 Å². The van der Waals surface area contributed by atoms with Gasteiger partial charge in [-0.3, -0.25) is 4.57 Å². The van der Waals surface area contributed by atoms with Gasteiger partial charge in [-0.1, -0.05) is 60.7 Å². The molecular weight excluding hydrogens is 286 g/mol. The molecule has 4 heteroatoms. The predicted octanol–water partition coefficient (Wildman–Crippen LogP) is 3.16. The van der Waals surface area contributed by atoms with E-state index >= 15 is 0 Å². The zero-order valence-corrected chi connectivity index (χ0v) is 13.4. The van der Waals surface area contributed by atoms with Gasteiger partial charge in [-0.05, 0) is 24.7 Å². The Morgan fingerprint density at radius 1 is 1.00 bits per heavy atom. The van der Waals surface area contributed by atoms with Gasteiger partial charge in [0.05, 0.1) is 6.10 Å². The van der Waals surface area contributed by atoms with Crippen LogP contribution in [0.2, 0.25) is 0 Å². The van der Waals surface area contributed by atoms with Crippen LogP contribution in [0.15, 0.2) is 60.7 Å². The average Bonchev–Trinajstić information content (AvgIpc) is 2.75. The molecule has 3 rings (SSSR count). The zero-order chi connectivity index (χ0) is 14.2. The monoisotopic (exact) mass is 303 g/mol. The average molecular weight is 304 g/mol. The van der Waals surface area contributed by atoms with Crippen LogP contribution < -0.4 is 5.19 Å². The zero-order valence-electron chi connectivity index (χ0n) is 11.7. The second-order valence-corrected chi connectivity index (χ2v) is 9.41. The van der Waals surface area contributed by atoms with Crippen LogP contribution in [-0.4, -0.2) is 25.4 Å². The second-order valence-electron chi connectivity index (χ2n) is 5.23. The van der Waals surface area contributed by atoms with Crippen LogP contribution in [0, 0.1) is 0 Å². The molecule has 1 aliphatic rings. The van der Waals surface area contributed by atoms with Crippen LogP contribution in [0.4, 0.5) is 0 Å². The molecule has 0 aromatic heterocycles. The van der Waals surface area contributed by atoms with E-state index in [2.05, 4.69) is 42.8 Å². The summed E-state index contributed by atoms with van der Waals surface area (Å²) in [5.74, 6) is 0. The molecule has 1 saturated heterocycles. The van der Waals surface area contributed by atoms with Gasteiger partial charge in [0.25, 0.3) is 0 Å². The van der Waals surface area contributed by atoms with Crippen molar-refractivity contribution < 1.29 is 4.43 Å². The van der Waals surface area contributed by atoms with Crippen LogP contribution in [0.25, 0.3) is 0 Å². The summed E-state index contributed by atoms with van der Waals surface area (Å²) >= 11 is 6.93. The van der Waals surface area contributed by atoms with E-state index in [-0.39, 0.29) is 12.1 Å². The smallest absolute Gasteiger partial charge is 0.380 e. The third-order valence-corrected chi connectivity index (χ3v) is 8.69. The number of rotatable bonds is 2. The third-order valence-electron chi connectivity index (χ3n) is 4.04. The first-order valence-corrected chi connectivity index (χ1v) is 9.70. The number of benzene rings is 2. The molecular formula is C16H18ClNOSi. The molecule has 0 radical (unpaired) electrons. The Hall–Kier alpha value is -1.13. The molecule has 0 spiro atoms. The highest BCUT2D eigenvalue weighted by Gasteiger charge is 2.53. The standard InChI is InChI=1S/C16H18ClNOSi/c1-13-16(14-9-5-3-6-10-14)19-20(17,18(13)2)15-11-7-4-8-12-15/h3-13,16H,1-2H3/t13-,16+,20+/m0/s1. The molecule has 20 heavy (non-hydrogen) atoms. The van der Waals surface area contributed by atoms with Crippen molar-refractivity contribution in [3.05, 3.63) is 66.2 Å². The molecule has 2 aromatic rings. The molecule has 1 heterocycles. The van der Waals surface area contributed by atoms with Gasteiger partial charge in [0.15, 0.2) is 0 Å². The van der Waals surface area contributed by atoms with Gasteiger partial charge in [0.1, 0.15) is 0 Å². The normalized spacial score (nSPS) is 30.6. The van der Waals surface area contributed by atoms with Crippen molar-refractivity contribution in [2.45, 2.75) is 19.1 Å². The fraction of sp³-hybridized carbons (Fsp3) is 0.250. The summed E-state index contributed by atoms with van der Waals surface area (Å²) in [5, 5.41) is 1.11. The van der Waals surface area contributed by atoms with E-state index in [4.69, 9.17) is 15.5 Å². The fourth-order valence-corrected chi connectivity index (χ4v) is 6.49. The molecule has 0 amide bonds. The lowest BCUT2D eigenvalue weighted by Gasteiger charge is -2.26. The van der Waals surface area contributed by atoms with Crippen molar-refractivity contribution in [3.8, 4) is 0 Å². The minimum Gasteiger partial charge on any atom is -0.380 e. The highest BCUT2D eigenvalue weighted by atomic mass is 35.6. The van der Waals surface area contributed by atoms with Crippen molar-refractivity contribution >= 4 is 24.1 Å². The van der Waals surface area contributed by atoms with Crippen LogP contribution in [0.1, 0.15) is 18.6 Å². The Kier molecular flexibility index (Phi) is 3.69. The Morgan fingerprint density at radius 3 is 2.15 bits per heavy atom. The molecule has 1 fully saturated rings. The number of nitrogens with zero attached hydrogens (tertiary/aromatic N) is 1. The van der Waals surface area contributed by atoms with Crippen molar-refractivity contribution in [2.24, 2.45) is 0 Å².